The Kier molecular flexibility index (Phi) is 9.72. The van der Waals surface area contributed by atoms with Crippen LogP contribution in [0.5, 0.6) is 0 Å². The second kappa shape index (κ2) is 14.5. The zero-order chi connectivity index (χ0) is 34.8. The van der Waals surface area contributed by atoms with Gasteiger partial charge in [0.25, 0.3) is 0 Å². The molecule has 0 fully saturated rings. The third-order valence-electron chi connectivity index (χ3n) is 10.6. The lowest BCUT2D eigenvalue weighted by Crippen LogP contribution is -2.02. The molecule has 2 heterocycles. The summed E-state index contributed by atoms with van der Waals surface area (Å²) in [6.07, 6.45) is 11.2. The third-order valence-corrected chi connectivity index (χ3v) is 10.6. The van der Waals surface area contributed by atoms with Crippen molar-refractivity contribution >= 4 is 56.2 Å². The molecule has 254 valence electrons. The highest BCUT2D eigenvalue weighted by Crippen LogP contribution is 2.51. The lowest BCUT2D eigenvalue weighted by atomic mass is 9.89. The number of nitrogens with zero attached hydrogens (tertiary/aromatic N) is 2. The minimum absolute atomic E-state index is 0.685. The number of rotatable bonds is 14. The Morgan fingerprint density at radius 3 is 1.26 bits per heavy atom. The largest absolute Gasteiger partial charge is 0.340 e. The van der Waals surface area contributed by atoms with E-state index in [9.17, 15) is 9.59 Å². The Labute approximate surface area is 295 Å². The molecule has 0 atom stereocenters. The first-order valence-corrected chi connectivity index (χ1v) is 18.6. The first-order chi connectivity index (χ1) is 24.5. The van der Waals surface area contributed by atoms with Gasteiger partial charge in [-0.15, -0.1) is 0 Å². The van der Waals surface area contributed by atoms with E-state index in [2.05, 4.69) is 110 Å². The van der Waals surface area contributed by atoms with Crippen molar-refractivity contribution in [2.45, 2.75) is 92.2 Å². The summed E-state index contributed by atoms with van der Waals surface area (Å²) in [6, 6.07) is 30.3. The predicted octanol–water partition coefficient (Wildman–Crippen LogP) is 12.6. The van der Waals surface area contributed by atoms with E-state index in [0.717, 1.165) is 84.3 Å². The molecule has 0 saturated carbocycles. The Hall–Kier alpha value is -4.96. The average Bonchev–Trinajstić information content (AvgIpc) is 3.63. The molecule has 50 heavy (non-hydrogen) atoms. The van der Waals surface area contributed by atoms with Crippen LogP contribution >= 0.6 is 0 Å². The summed E-state index contributed by atoms with van der Waals surface area (Å²) in [5.41, 5.74) is 13.2. The van der Waals surface area contributed by atoms with Crippen LogP contribution in [0.1, 0.15) is 97.1 Å². The van der Waals surface area contributed by atoms with Gasteiger partial charge < -0.3 is 9.13 Å². The van der Waals surface area contributed by atoms with Crippen molar-refractivity contribution in [3.8, 4) is 22.3 Å². The molecule has 0 aliphatic heterocycles. The molecule has 0 bridgehead atoms. The van der Waals surface area contributed by atoms with Gasteiger partial charge in [0.05, 0.1) is 11.0 Å². The highest BCUT2D eigenvalue weighted by atomic mass is 16.1. The molecule has 0 unspecified atom stereocenters. The summed E-state index contributed by atoms with van der Waals surface area (Å²) in [6.45, 7) is 10.6. The van der Waals surface area contributed by atoms with Crippen LogP contribution in [0.3, 0.4) is 0 Å². The minimum atomic E-state index is 0.685. The molecule has 2 aromatic heterocycles. The van der Waals surface area contributed by atoms with Gasteiger partial charge in [-0.25, -0.2) is 0 Å². The van der Waals surface area contributed by atoms with Crippen LogP contribution < -0.4 is 0 Å². The quantitative estimate of drug-likeness (QED) is 0.0860. The van der Waals surface area contributed by atoms with Crippen molar-refractivity contribution in [3.05, 3.63) is 107 Å². The fourth-order valence-electron chi connectivity index (χ4n) is 8.01. The van der Waals surface area contributed by atoms with E-state index in [0.29, 0.717) is 11.1 Å². The molecule has 0 aliphatic carbocycles. The molecule has 0 amide bonds. The SMILES string of the molecule is CCCCCCn1c2ccc(C=O)cc2c2c(-c3ccc(C)cc3)c3c(c(-c4ccc(C)cc4)c21)c1cc(C=O)ccc1n3CCCCCC. The van der Waals surface area contributed by atoms with Crippen LogP contribution in [0, 0.1) is 13.8 Å². The number of benzene rings is 5. The van der Waals surface area contributed by atoms with Crippen molar-refractivity contribution < 1.29 is 9.59 Å². The number of hydrogen-bond acceptors (Lipinski definition) is 2. The summed E-state index contributed by atoms with van der Waals surface area (Å²) in [4.78, 5) is 24.7. The van der Waals surface area contributed by atoms with Gasteiger partial charge in [0, 0.05) is 67.9 Å². The Morgan fingerprint density at radius 1 is 0.500 bits per heavy atom. The third kappa shape index (κ3) is 5.95. The monoisotopic (exact) mass is 660 g/mol. The van der Waals surface area contributed by atoms with Gasteiger partial charge in [-0.2, -0.15) is 0 Å². The maximum absolute atomic E-state index is 12.3. The maximum Gasteiger partial charge on any atom is 0.150 e. The number of aromatic nitrogens is 2. The van der Waals surface area contributed by atoms with Crippen LogP contribution in [0.15, 0.2) is 84.9 Å². The Bertz CT molecular complexity index is 2170. The number of aldehydes is 2. The summed E-state index contributed by atoms with van der Waals surface area (Å²) < 4.78 is 5.07. The topological polar surface area (TPSA) is 44.0 Å². The molecule has 7 aromatic rings. The molecule has 0 N–H and O–H groups in total. The van der Waals surface area contributed by atoms with E-state index in [-0.39, 0.29) is 0 Å². The van der Waals surface area contributed by atoms with Gasteiger partial charge in [0.1, 0.15) is 12.6 Å². The Balaban J connectivity index is 1.76. The predicted molar refractivity (Wildman–Crippen MR) is 212 cm³/mol. The van der Waals surface area contributed by atoms with Crippen LogP contribution in [0.4, 0.5) is 0 Å². The van der Waals surface area contributed by atoms with Crippen LogP contribution in [-0.2, 0) is 13.1 Å². The van der Waals surface area contributed by atoms with Gasteiger partial charge in [0.2, 0.25) is 0 Å². The lowest BCUT2D eigenvalue weighted by molar-refractivity contribution is 0.111. The van der Waals surface area contributed by atoms with Gasteiger partial charge in [-0.1, -0.05) is 112 Å². The van der Waals surface area contributed by atoms with Gasteiger partial charge in [-0.05, 0) is 74.2 Å². The van der Waals surface area contributed by atoms with Crippen molar-refractivity contribution in [3.63, 3.8) is 0 Å². The van der Waals surface area contributed by atoms with E-state index in [1.165, 1.54) is 69.7 Å². The van der Waals surface area contributed by atoms with Gasteiger partial charge >= 0.3 is 0 Å². The Morgan fingerprint density at radius 2 is 0.900 bits per heavy atom. The first kappa shape index (κ1) is 33.5. The van der Waals surface area contributed by atoms with Crippen LogP contribution in [-0.4, -0.2) is 21.7 Å². The molecule has 4 heteroatoms. The van der Waals surface area contributed by atoms with Crippen LogP contribution in [0.25, 0.3) is 65.9 Å². The van der Waals surface area contributed by atoms with E-state index in [4.69, 9.17) is 0 Å². The fourth-order valence-corrected chi connectivity index (χ4v) is 8.01. The number of carbonyl (C=O) groups is 2. The minimum Gasteiger partial charge on any atom is -0.340 e. The molecule has 0 saturated heterocycles. The number of hydrogen-bond donors (Lipinski definition) is 0. The second-order valence-corrected chi connectivity index (χ2v) is 14.1. The number of unbranched alkanes of at least 4 members (excludes halogenated alkanes) is 6. The summed E-state index contributed by atoms with van der Waals surface area (Å²) in [5.74, 6) is 0. The summed E-state index contributed by atoms with van der Waals surface area (Å²) in [7, 11) is 0. The molecule has 7 rings (SSSR count). The van der Waals surface area contributed by atoms with Crippen molar-refractivity contribution in [2.75, 3.05) is 0 Å². The number of aryl methyl sites for hydroxylation is 4. The van der Waals surface area contributed by atoms with E-state index in [1.807, 2.05) is 12.1 Å². The summed E-state index contributed by atoms with van der Waals surface area (Å²) in [5, 5.41) is 4.61. The molecule has 4 nitrogen and oxygen atoms in total. The van der Waals surface area contributed by atoms with E-state index < -0.39 is 0 Å². The zero-order valence-electron chi connectivity index (χ0n) is 30.0. The highest BCUT2D eigenvalue weighted by Gasteiger charge is 2.28. The van der Waals surface area contributed by atoms with Crippen molar-refractivity contribution in [2.24, 2.45) is 0 Å². The molecule has 0 radical (unpaired) electrons. The van der Waals surface area contributed by atoms with E-state index >= 15 is 0 Å². The molecular weight excluding hydrogens is 613 g/mol. The normalized spacial score (nSPS) is 11.8. The maximum atomic E-state index is 12.3. The molecule has 5 aromatic carbocycles. The molecular formula is C46H48N2O2. The van der Waals surface area contributed by atoms with Crippen molar-refractivity contribution in [1.82, 2.24) is 9.13 Å². The van der Waals surface area contributed by atoms with Gasteiger partial charge in [0.15, 0.2) is 0 Å². The molecule has 0 spiro atoms. The lowest BCUT2D eigenvalue weighted by Gasteiger charge is -2.18. The molecule has 0 aliphatic rings. The standard InChI is InChI=1S/C46H48N2O2/c1-5-7-9-11-25-47-39-23-17-33(29-49)27-37(39)43-42(36-21-15-32(4)16-22-36)46-44(41(45(43)47)35-19-13-31(3)14-20-35)38-28-34(30-50)18-24-40(38)48(46)26-12-10-8-6-2/h13-24,27-30H,5-12,25-26H2,1-4H3. The fraction of sp³-hybridized carbons (Fsp3) is 0.304. The second-order valence-electron chi connectivity index (χ2n) is 14.1. The first-order valence-electron chi connectivity index (χ1n) is 18.6. The summed E-state index contributed by atoms with van der Waals surface area (Å²) >= 11 is 0. The van der Waals surface area contributed by atoms with Crippen LogP contribution in [0.2, 0.25) is 0 Å². The number of carbonyl (C=O) groups excluding carboxylic acids is 2. The van der Waals surface area contributed by atoms with Gasteiger partial charge in [-0.3, -0.25) is 9.59 Å². The van der Waals surface area contributed by atoms with Crippen molar-refractivity contribution in [1.29, 1.82) is 0 Å². The smallest absolute Gasteiger partial charge is 0.150 e. The highest BCUT2D eigenvalue weighted by molar-refractivity contribution is 6.32. The zero-order valence-corrected chi connectivity index (χ0v) is 30.0. The number of fused-ring (bicyclic) bond motifs is 6. The average molecular weight is 661 g/mol. The van der Waals surface area contributed by atoms with E-state index in [1.54, 1.807) is 0 Å².